The number of hydrogen-bond acceptors (Lipinski definition) is 2. The van der Waals surface area contributed by atoms with Crippen LogP contribution in [0.1, 0.15) is 18.4 Å². The molecule has 316 valence electrons. The molecular weight excluding hydrogens is 815 g/mol. The van der Waals surface area contributed by atoms with Gasteiger partial charge in [0.05, 0.1) is 22.1 Å². The summed E-state index contributed by atoms with van der Waals surface area (Å²) in [5.41, 5.74) is 15.2. The maximum Gasteiger partial charge on any atom is 0.123 e. The lowest BCUT2D eigenvalue weighted by molar-refractivity contribution is 0.627. The minimum absolute atomic E-state index is 0.249. The molecule has 0 atom stereocenters. The normalized spacial score (nSPS) is 12.8. The van der Waals surface area contributed by atoms with Gasteiger partial charge in [0, 0.05) is 67.1 Å². The smallest absolute Gasteiger partial charge is 0.123 e. The second kappa shape index (κ2) is 16.3. The summed E-state index contributed by atoms with van der Waals surface area (Å²) in [5.74, 6) is -0.500. The Morgan fingerprint density at radius 1 is 0.333 bits per heavy atom. The van der Waals surface area contributed by atoms with Crippen LogP contribution in [-0.2, 0) is 0 Å². The van der Waals surface area contributed by atoms with Crippen LogP contribution < -0.4 is 9.80 Å². The van der Waals surface area contributed by atoms with Crippen LogP contribution in [0.25, 0.3) is 60.6 Å². The van der Waals surface area contributed by atoms with Crippen molar-refractivity contribution in [2.24, 2.45) is 0 Å². The zero-order valence-corrected chi connectivity index (χ0v) is 35.9. The SMILES string of the molecule is Fc1ccc(-n2c3ccccc3c3cc(N(C4=CC=C(c5ccc(N(c6ccccc6)c6ccc7c(c6)c6ccccc6n7-c6ccc(F)cc6)cc5)CC4)c4ccccc4)ccc32)cc1. The average molecular weight is 857 g/mol. The lowest BCUT2D eigenvalue weighted by atomic mass is 9.94. The number of fused-ring (bicyclic) bond motifs is 6. The van der Waals surface area contributed by atoms with Gasteiger partial charge in [-0.05, 0) is 164 Å². The topological polar surface area (TPSA) is 16.3 Å². The second-order valence-corrected chi connectivity index (χ2v) is 16.8. The molecule has 9 aromatic carbocycles. The van der Waals surface area contributed by atoms with E-state index in [0.717, 1.165) is 96.3 Å². The van der Waals surface area contributed by atoms with Gasteiger partial charge in [-0.1, -0.05) is 91.0 Å². The van der Waals surface area contributed by atoms with Crippen molar-refractivity contribution < 1.29 is 8.78 Å². The Kier molecular flexibility index (Phi) is 9.64. The highest BCUT2D eigenvalue weighted by Crippen LogP contribution is 2.43. The number of hydrogen-bond donors (Lipinski definition) is 0. The van der Waals surface area contributed by atoms with Crippen molar-refractivity contribution in [1.82, 2.24) is 9.13 Å². The predicted molar refractivity (Wildman–Crippen MR) is 270 cm³/mol. The number of rotatable bonds is 9. The number of aromatic nitrogens is 2. The highest BCUT2D eigenvalue weighted by molar-refractivity contribution is 6.12. The first-order valence-corrected chi connectivity index (χ1v) is 22.3. The van der Waals surface area contributed by atoms with Gasteiger partial charge in [0.2, 0.25) is 0 Å². The number of allylic oxidation sites excluding steroid dienone is 4. The average Bonchev–Trinajstić information content (AvgIpc) is 3.88. The molecule has 0 aliphatic heterocycles. The van der Waals surface area contributed by atoms with E-state index in [1.807, 2.05) is 30.3 Å². The molecule has 0 N–H and O–H groups in total. The van der Waals surface area contributed by atoms with Crippen molar-refractivity contribution >= 4 is 77.6 Å². The van der Waals surface area contributed by atoms with Gasteiger partial charge in [-0.25, -0.2) is 8.78 Å². The number of benzene rings is 9. The molecule has 0 spiro atoms. The summed E-state index contributed by atoms with van der Waals surface area (Å²) in [7, 11) is 0. The minimum atomic E-state index is -0.251. The Labute approximate surface area is 381 Å². The first-order valence-electron chi connectivity index (χ1n) is 22.3. The van der Waals surface area contributed by atoms with Gasteiger partial charge in [-0.15, -0.1) is 0 Å². The molecule has 2 heterocycles. The molecule has 0 saturated heterocycles. The van der Waals surface area contributed by atoms with Crippen molar-refractivity contribution in [1.29, 1.82) is 0 Å². The zero-order valence-electron chi connectivity index (χ0n) is 35.9. The maximum absolute atomic E-state index is 14.0. The molecule has 0 fully saturated rings. The number of para-hydroxylation sites is 4. The fraction of sp³-hybridized carbons (Fsp3) is 0.0333. The van der Waals surface area contributed by atoms with E-state index in [1.54, 1.807) is 0 Å². The molecule has 0 amide bonds. The molecule has 12 rings (SSSR count). The summed E-state index contributed by atoms with van der Waals surface area (Å²) in [4.78, 5) is 4.69. The van der Waals surface area contributed by atoms with Crippen LogP contribution in [0.15, 0.2) is 236 Å². The zero-order chi connectivity index (χ0) is 44.1. The number of halogens is 2. The fourth-order valence-electron chi connectivity index (χ4n) is 9.90. The Morgan fingerprint density at radius 2 is 0.758 bits per heavy atom. The van der Waals surface area contributed by atoms with Crippen LogP contribution >= 0.6 is 0 Å². The van der Waals surface area contributed by atoms with E-state index in [1.165, 1.54) is 41.1 Å². The quantitative estimate of drug-likeness (QED) is 0.144. The molecule has 0 saturated carbocycles. The van der Waals surface area contributed by atoms with Crippen LogP contribution in [-0.4, -0.2) is 9.13 Å². The number of nitrogens with zero attached hydrogens (tertiary/aromatic N) is 4. The van der Waals surface area contributed by atoms with Crippen molar-refractivity contribution in [3.05, 3.63) is 253 Å². The first-order chi connectivity index (χ1) is 32.6. The molecule has 1 aliphatic carbocycles. The van der Waals surface area contributed by atoms with Crippen LogP contribution in [0.4, 0.5) is 37.2 Å². The van der Waals surface area contributed by atoms with Crippen LogP contribution in [0.5, 0.6) is 0 Å². The van der Waals surface area contributed by atoms with Crippen molar-refractivity contribution in [2.75, 3.05) is 9.80 Å². The molecular formula is C60H42F2N4. The second-order valence-electron chi connectivity index (χ2n) is 16.8. The van der Waals surface area contributed by atoms with Crippen LogP contribution in [0.3, 0.4) is 0 Å². The summed E-state index contributed by atoms with van der Waals surface area (Å²) < 4.78 is 32.4. The minimum Gasteiger partial charge on any atom is -0.314 e. The predicted octanol–water partition coefficient (Wildman–Crippen LogP) is 16.5. The van der Waals surface area contributed by atoms with Crippen LogP contribution in [0.2, 0.25) is 0 Å². The van der Waals surface area contributed by atoms with E-state index in [9.17, 15) is 8.78 Å². The van der Waals surface area contributed by atoms with Crippen molar-refractivity contribution in [3.8, 4) is 11.4 Å². The summed E-state index contributed by atoms with van der Waals surface area (Å²) in [6, 6.07) is 73.6. The Morgan fingerprint density at radius 3 is 1.26 bits per heavy atom. The molecule has 6 heteroatoms. The first kappa shape index (κ1) is 39.1. The van der Waals surface area contributed by atoms with Gasteiger partial charge in [0.25, 0.3) is 0 Å². The molecule has 0 unspecified atom stereocenters. The highest BCUT2D eigenvalue weighted by Gasteiger charge is 2.22. The largest absolute Gasteiger partial charge is 0.314 e. The van der Waals surface area contributed by atoms with E-state index in [-0.39, 0.29) is 11.6 Å². The Balaban J connectivity index is 0.894. The van der Waals surface area contributed by atoms with E-state index in [0.29, 0.717) is 0 Å². The lowest BCUT2D eigenvalue weighted by Gasteiger charge is -2.30. The van der Waals surface area contributed by atoms with Gasteiger partial charge in [0.15, 0.2) is 0 Å². The standard InChI is InChI=1S/C60H42F2N4/c61-43-23-31-49(32-24-43)65-57-17-9-7-15-53(57)55-39-51(35-37-59(55)65)63(45-11-3-1-4-12-45)47-27-19-41(20-28-47)42-21-29-48(30-22-42)64(46-13-5-2-6-14-46)52-36-38-60-56(40-52)54-16-8-10-18-58(54)66(60)50-33-25-44(62)26-34-50/h1-21,23-29,31-40H,22,30H2. The van der Waals surface area contributed by atoms with Gasteiger partial charge >= 0.3 is 0 Å². The summed E-state index contributed by atoms with van der Waals surface area (Å²) in [5, 5.41) is 4.55. The van der Waals surface area contributed by atoms with Gasteiger partial charge < -0.3 is 18.9 Å². The molecule has 0 radical (unpaired) electrons. The van der Waals surface area contributed by atoms with E-state index < -0.39 is 0 Å². The van der Waals surface area contributed by atoms with Gasteiger partial charge in [-0.3, -0.25) is 0 Å². The Hall–Kier alpha value is -8.48. The third-order valence-corrected chi connectivity index (χ3v) is 12.9. The summed E-state index contributed by atoms with van der Waals surface area (Å²) in [6.45, 7) is 0. The maximum atomic E-state index is 14.0. The molecule has 4 nitrogen and oxygen atoms in total. The molecule has 11 aromatic rings. The van der Waals surface area contributed by atoms with Crippen molar-refractivity contribution in [2.45, 2.75) is 12.8 Å². The number of anilines is 5. The van der Waals surface area contributed by atoms with Crippen molar-refractivity contribution in [3.63, 3.8) is 0 Å². The van der Waals surface area contributed by atoms with Gasteiger partial charge in [0.1, 0.15) is 11.6 Å². The molecule has 1 aliphatic rings. The molecule has 0 bridgehead atoms. The van der Waals surface area contributed by atoms with Gasteiger partial charge in [-0.2, -0.15) is 0 Å². The monoisotopic (exact) mass is 856 g/mol. The highest BCUT2D eigenvalue weighted by atomic mass is 19.1. The van der Waals surface area contributed by atoms with E-state index >= 15 is 0 Å². The molecule has 2 aromatic heterocycles. The molecule has 66 heavy (non-hydrogen) atoms. The van der Waals surface area contributed by atoms with E-state index in [4.69, 9.17) is 0 Å². The summed E-state index contributed by atoms with van der Waals surface area (Å²) >= 11 is 0. The Bertz CT molecular complexity index is 3640. The third-order valence-electron chi connectivity index (χ3n) is 12.9. The fourth-order valence-corrected chi connectivity index (χ4v) is 9.90. The summed E-state index contributed by atoms with van der Waals surface area (Å²) in [6.07, 6.45) is 6.31. The van der Waals surface area contributed by atoms with E-state index in [2.05, 4.69) is 195 Å². The lowest BCUT2D eigenvalue weighted by Crippen LogP contribution is -2.17. The third kappa shape index (κ3) is 6.82. The van der Waals surface area contributed by atoms with Crippen LogP contribution in [0, 0.1) is 11.6 Å².